The quantitative estimate of drug-likeness (QED) is 0.661. The molecule has 180 valence electrons. The van der Waals surface area contributed by atoms with E-state index in [9.17, 15) is 17.6 Å². The molecule has 1 N–H and O–H groups in total. The van der Waals surface area contributed by atoms with Crippen LogP contribution in [-0.2, 0) is 19.7 Å². The van der Waals surface area contributed by atoms with Crippen molar-refractivity contribution in [3.05, 3.63) is 35.6 Å². The Labute approximate surface area is 190 Å². The minimum atomic E-state index is -3.66. The predicted octanol–water partition coefficient (Wildman–Crippen LogP) is 2.86. The van der Waals surface area contributed by atoms with E-state index >= 15 is 0 Å². The Morgan fingerprint density at radius 3 is 2.53 bits per heavy atom. The Hall–Kier alpha value is -1.75. The smallest absolute Gasteiger partial charge is 0.410 e. The van der Waals surface area contributed by atoms with Crippen molar-refractivity contribution in [1.29, 1.82) is 0 Å². The van der Waals surface area contributed by atoms with E-state index in [2.05, 4.69) is 4.72 Å². The molecule has 0 bridgehead atoms. The van der Waals surface area contributed by atoms with Crippen LogP contribution in [0, 0.1) is 5.82 Å². The number of methoxy groups -OCH3 is 1. The third kappa shape index (κ3) is 5.78. The molecule has 1 aliphatic heterocycles. The number of nitrogens with one attached hydrogen (secondary N) is 1. The molecule has 10 heteroatoms. The lowest BCUT2D eigenvalue weighted by Crippen LogP contribution is -2.52. The Balaban J connectivity index is 1.62. The third-order valence-corrected chi connectivity index (χ3v) is 8.12. The summed E-state index contributed by atoms with van der Waals surface area (Å²) in [6.07, 6.45) is 3.45. The molecule has 1 amide bonds. The molecule has 1 heterocycles. The summed E-state index contributed by atoms with van der Waals surface area (Å²) < 4.78 is 53.3. The Morgan fingerprint density at radius 1 is 1.25 bits per heavy atom. The van der Waals surface area contributed by atoms with Crippen molar-refractivity contribution >= 4 is 16.3 Å². The van der Waals surface area contributed by atoms with Gasteiger partial charge in [-0.15, -0.1) is 0 Å². The lowest BCUT2D eigenvalue weighted by Gasteiger charge is -2.33. The van der Waals surface area contributed by atoms with Crippen molar-refractivity contribution in [1.82, 2.24) is 13.9 Å². The number of rotatable bonds is 7. The van der Waals surface area contributed by atoms with Crippen LogP contribution < -0.4 is 4.72 Å². The fourth-order valence-electron chi connectivity index (χ4n) is 4.76. The highest BCUT2D eigenvalue weighted by atomic mass is 32.2. The second kappa shape index (κ2) is 10.5. The molecule has 2 fully saturated rings. The summed E-state index contributed by atoms with van der Waals surface area (Å²) >= 11 is 0. The van der Waals surface area contributed by atoms with Gasteiger partial charge in [0.05, 0.1) is 25.9 Å². The van der Waals surface area contributed by atoms with Gasteiger partial charge in [0.2, 0.25) is 0 Å². The first kappa shape index (κ1) is 24.9. The molecule has 8 nitrogen and oxygen atoms in total. The van der Waals surface area contributed by atoms with Gasteiger partial charge in [-0.25, -0.2) is 9.18 Å². The molecule has 1 saturated carbocycles. The number of hydrogen-bond acceptors (Lipinski definition) is 5. The van der Waals surface area contributed by atoms with Crippen molar-refractivity contribution in [3.63, 3.8) is 0 Å². The van der Waals surface area contributed by atoms with Crippen LogP contribution in [0.25, 0.3) is 0 Å². The summed E-state index contributed by atoms with van der Waals surface area (Å²) in [5.41, 5.74) is 1.02. The van der Waals surface area contributed by atoms with Gasteiger partial charge in [-0.05, 0) is 62.6 Å². The number of nitrogens with zero attached hydrogens (tertiary/aromatic N) is 2. The van der Waals surface area contributed by atoms with Gasteiger partial charge in [0.15, 0.2) is 0 Å². The first-order valence-corrected chi connectivity index (χ1v) is 12.5. The first-order valence-electron chi connectivity index (χ1n) is 11.1. The summed E-state index contributed by atoms with van der Waals surface area (Å²) in [6, 6.07) is 5.63. The van der Waals surface area contributed by atoms with Gasteiger partial charge in [0, 0.05) is 26.2 Å². The van der Waals surface area contributed by atoms with Gasteiger partial charge >= 0.3 is 6.09 Å². The SMILES string of the molecule is COC(=O)N1C(COC2CCC(c3cccc(F)c3)CC2)[C@@H](NS(=O)(=O)N(C)C)C[C@H]1C. The van der Waals surface area contributed by atoms with E-state index in [-0.39, 0.29) is 24.6 Å². The lowest BCUT2D eigenvalue weighted by atomic mass is 9.82. The number of hydrogen-bond donors (Lipinski definition) is 1. The predicted molar refractivity (Wildman–Crippen MR) is 119 cm³/mol. The van der Waals surface area contributed by atoms with Crippen molar-refractivity contribution in [3.8, 4) is 0 Å². The highest BCUT2D eigenvalue weighted by molar-refractivity contribution is 7.87. The van der Waals surface area contributed by atoms with Crippen molar-refractivity contribution in [2.45, 2.75) is 69.2 Å². The maximum absolute atomic E-state index is 13.5. The normalized spacial score (nSPS) is 28.8. The number of ether oxygens (including phenoxy) is 2. The van der Waals surface area contributed by atoms with Crippen LogP contribution in [0.5, 0.6) is 0 Å². The van der Waals surface area contributed by atoms with Gasteiger partial charge in [-0.2, -0.15) is 17.4 Å². The summed E-state index contributed by atoms with van der Waals surface area (Å²) in [4.78, 5) is 14.0. The average molecular weight is 472 g/mol. The zero-order chi connectivity index (χ0) is 23.5. The molecular formula is C22H34FN3O5S. The zero-order valence-electron chi connectivity index (χ0n) is 19.2. The van der Waals surface area contributed by atoms with Crippen LogP contribution >= 0.6 is 0 Å². The molecule has 3 atom stereocenters. The topological polar surface area (TPSA) is 88.2 Å². The standard InChI is InChI=1S/C22H34FN3O5S/c1-15-12-20(24-32(28,29)25(2)3)21(26(15)22(27)30-4)14-31-19-10-8-16(9-11-19)17-6-5-7-18(23)13-17/h5-7,13,15-16,19-21,24H,8-12,14H2,1-4H3/t15-,16?,19?,20+,21?/m1/s1. The second-order valence-electron chi connectivity index (χ2n) is 8.90. The van der Waals surface area contributed by atoms with Crippen LogP contribution in [0.2, 0.25) is 0 Å². The van der Waals surface area contributed by atoms with Crippen molar-refractivity contribution < 1.29 is 27.1 Å². The summed E-state index contributed by atoms with van der Waals surface area (Å²) in [6.45, 7) is 2.09. The van der Waals surface area contributed by atoms with Crippen molar-refractivity contribution in [2.75, 3.05) is 27.8 Å². The molecule has 0 radical (unpaired) electrons. The highest BCUT2D eigenvalue weighted by Crippen LogP contribution is 2.35. The number of carbonyl (C=O) groups is 1. The monoisotopic (exact) mass is 471 g/mol. The Kier molecular flexibility index (Phi) is 8.13. The molecule has 0 spiro atoms. The van der Waals surface area contributed by atoms with E-state index in [4.69, 9.17) is 9.47 Å². The minimum absolute atomic E-state index is 0.0151. The van der Waals surface area contributed by atoms with Crippen LogP contribution in [0.4, 0.5) is 9.18 Å². The van der Waals surface area contributed by atoms with E-state index in [1.807, 2.05) is 13.0 Å². The van der Waals surface area contributed by atoms with Crippen LogP contribution in [0.1, 0.15) is 50.5 Å². The number of likely N-dealkylation sites (tertiary alicyclic amines) is 1. The molecule has 32 heavy (non-hydrogen) atoms. The Bertz CT molecular complexity index is 889. The number of halogens is 1. The van der Waals surface area contributed by atoms with Crippen LogP contribution in [0.3, 0.4) is 0 Å². The molecule has 2 aliphatic rings. The number of carbonyl (C=O) groups excluding carboxylic acids is 1. The van der Waals surface area contributed by atoms with E-state index in [1.54, 1.807) is 17.0 Å². The molecule has 3 rings (SSSR count). The summed E-state index contributed by atoms with van der Waals surface area (Å²) in [7, 11) is 0.577. The van der Waals surface area contributed by atoms with Gasteiger partial charge in [-0.1, -0.05) is 12.1 Å². The van der Waals surface area contributed by atoms with Gasteiger partial charge < -0.3 is 9.47 Å². The van der Waals surface area contributed by atoms with Gasteiger partial charge in [0.25, 0.3) is 10.2 Å². The molecule has 1 aromatic rings. The number of amides is 1. The van der Waals surface area contributed by atoms with Crippen LogP contribution in [0.15, 0.2) is 24.3 Å². The maximum Gasteiger partial charge on any atom is 0.410 e. The molecule has 1 aromatic carbocycles. The van der Waals surface area contributed by atoms with Crippen molar-refractivity contribution in [2.24, 2.45) is 0 Å². The molecule has 1 saturated heterocycles. The molecule has 1 aliphatic carbocycles. The summed E-state index contributed by atoms with van der Waals surface area (Å²) in [5, 5.41) is 0. The van der Waals surface area contributed by atoms with Gasteiger partial charge in [0.1, 0.15) is 5.82 Å². The average Bonchev–Trinajstić information content (AvgIpc) is 3.06. The zero-order valence-corrected chi connectivity index (χ0v) is 20.0. The van der Waals surface area contributed by atoms with E-state index in [0.29, 0.717) is 12.3 Å². The largest absolute Gasteiger partial charge is 0.453 e. The minimum Gasteiger partial charge on any atom is -0.453 e. The number of benzene rings is 1. The molecular weight excluding hydrogens is 437 g/mol. The third-order valence-electron chi connectivity index (χ3n) is 6.56. The second-order valence-corrected chi connectivity index (χ2v) is 10.8. The Morgan fingerprint density at radius 2 is 1.94 bits per heavy atom. The van der Waals surface area contributed by atoms with Crippen LogP contribution in [-0.4, -0.2) is 75.8 Å². The van der Waals surface area contributed by atoms with E-state index in [1.165, 1.54) is 27.3 Å². The summed E-state index contributed by atoms with van der Waals surface area (Å²) in [5.74, 6) is 0.0913. The fraction of sp³-hybridized carbons (Fsp3) is 0.682. The first-order chi connectivity index (χ1) is 15.1. The fourth-order valence-corrected chi connectivity index (χ4v) is 5.60. The maximum atomic E-state index is 13.5. The molecule has 0 aromatic heterocycles. The van der Waals surface area contributed by atoms with E-state index < -0.39 is 28.4 Å². The van der Waals surface area contributed by atoms with E-state index in [0.717, 1.165) is 35.6 Å². The lowest BCUT2D eigenvalue weighted by molar-refractivity contribution is -0.00865. The molecule has 1 unspecified atom stereocenters. The highest BCUT2D eigenvalue weighted by Gasteiger charge is 2.44. The van der Waals surface area contributed by atoms with Gasteiger partial charge in [-0.3, -0.25) is 4.90 Å².